The second-order valence-corrected chi connectivity index (χ2v) is 7.30. The van der Waals surface area contributed by atoms with Crippen LogP contribution < -0.4 is 29.0 Å². The van der Waals surface area contributed by atoms with E-state index >= 15 is 0 Å². The molecule has 3 aromatic rings. The second kappa shape index (κ2) is 12.7. The number of hydrogen-bond acceptors (Lipinski definition) is 7. The molecule has 0 aromatic heterocycles. The zero-order chi connectivity index (χ0) is 25.9. The molecular formula is C28H27NO7. The molecule has 1 amide bonds. The summed E-state index contributed by atoms with van der Waals surface area (Å²) in [5.41, 5.74) is 1.83. The summed E-state index contributed by atoms with van der Waals surface area (Å²) in [6.07, 6.45) is 5.89. The number of anilines is 1. The van der Waals surface area contributed by atoms with Crippen molar-refractivity contribution in [2.24, 2.45) is 0 Å². The number of esters is 1. The number of carbonyl (C=O) groups excluding carboxylic acids is 2. The monoisotopic (exact) mass is 489 g/mol. The summed E-state index contributed by atoms with van der Waals surface area (Å²) in [6, 6.07) is 17.2. The minimum atomic E-state index is -0.604. The van der Waals surface area contributed by atoms with E-state index in [4.69, 9.17) is 23.7 Å². The maximum atomic E-state index is 12.5. The van der Waals surface area contributed by atoms with Crippen LogP contribution in [0.4, 0.5) is 5.69 Å². The van der Waals surface area contributed by atoms with Crippen molar-refractivity contribution in [3.8, 4) is 28.7 Å². The van der Waals surface area contributed by atoms with Crippen molar-refractivity contribution in [2.45, 2.75) is 0 Å². The molecule has 0 saturated heterocycles. The third kappa shape index (κ3) is 6.89. The van der Waals surface area contributed by atoms with Gasteiger partial charge in [-0.1, -0.05) is 24.3 Å². The Morgan fingerprint density at radius 2 is 1.17 bits per heavy atom. The van der Waals surface area contributed by atoms with Gasteiger partial charge in [-0.05, 0) is 59.7 Å². The summed E-state index contributed by atoms with van der Waals surface area (Å²) < 4.78 is 26.4. The van der Waals surface area contributed by atoms with Crippen molar-refractivity contribution in [1.82, 2.24) is 0 Å². The molecule has 1 N–H and O–H groups in total. The minimum Gasteiger partial charge on any atom is -0.493 e. The Morgan fingerprint density at radius 3 is 1.72 bits per heavy atom. The molecule has 0 radical (unpaired) electrons. The average Bonchev–Trinajstić information content (AvgIpc) is 2.91. The highest BCUT2D eigenvalue weighted by Crippen LogP contribution is 2.29. The first-order chi connectivity index (χ1) is 17.5. The van der Waals surface area contributed by atoms with Crippen molar-refractivity contribution in [1.29, 1.82) is 0 Å². The molecule has 0 fully saturated rings. The Bertz CT molecular complexity index is 1180. The summed E-state index contributed by atoms with van der Waals surface area (Å²) in [6.45, 7) is 0. The summed E-state index contributed by atoms with van der Waals surface area (Å²) in [5, 5.41) is 2.73. The maximum absolute atomic E-state index is 12.5. The molecule has 8 nitrogen and oxygen atoms in total. The van der Waals surface area contributed by atoms with Gasteiger partial charge < -0.3 is 29.0 Å². The zero-order valence-corrected chi connectivity index (χ0v) is 20.4. The van der Waals surface area contributed by atoms with E-state index < -0.39 is 11.9 Å². The molecule has 0 heterocycles. The van der Waals surface area contributed by atoms with Crippen molar-refractivity contribution in [3.05, 3.63) is 83.9 Å². The highest BCUT2D eigenvalue weighted by Gasteiger charge is 2.10. The minimum absolute atomic E-state index is 0.215. The Morgan fingerprint density at radius 1 is 0.639 bits per heavy atom. The van der Waals surface area contributed by atoms with Gasteiger partial charge in [0, 0.05) is 12.2 Å². The number of para-hydroxylation sites is 2. The first-order valence-corrected chi connectivity index (χ1v) is 10.9. The lowest BCUT2D eigenvalue weighted by molar-refractivity contribution is -0.128. The van der Waals surface area contributed by atoms with E-state index in [9.17, 15) is 9.59 Å². The predicted octanol–water partition coefficient (Wildman–Crippen LogP) is 4.99. The molecule has 0 atom stereocenters. The van der Waals surface area contributed by atoms with E-state index in [1.807, 2.05) is 0 Å². The lowest BCUT2D eigenvalue weighted by Gasteiger charge is -2.09. The summed E-state index contributed by atoms with van der Waals surface area (Å²) in [7, 11) is 6.18. The van der Waals surface area contributed by atoms with Crippen LogP contribution in [0.5, 0.6) is 28.7 Å². The molecule has 0 aliphatic heterocycles. The number of carbonyl (C=O) groups is 2. The molecule has 0 aliphatic rings. The van der Waals surface area contributed by atoms with Crippen LogP contribution in [0, 0.1) is 0 Å². The van der Waals surface area contributed by atoms with Gasteiger partial charge in [-0.25, -0.2) is 4.79 Å². The van der Waals surface area contributed by atoms with Gasteiger partial charge in [0.25, 0.3) is 0 Å². The first-order valence-electron chi connectivity index (χ1n) is 10.9. The maximum Gasteiger partial charge on any atom is 0.336 e. The van der Waals surface area contributed by atoms with E-state index in [1.54, 1.807) is 94.1 Å². The molecule has 36 heavy (non-hydrogen) atoms. The highest BCUT2D eigenvalue weighted by molar-refractivity contribution is 6.03. The Hall–Kier alpha value is -4.72. The molecule has 0 aliphatic carbocycles. The van der Waals surface area contributed by atoms with Crippen LogP contribution in [0.15, 0.2) is 72.8 Å². The lowest BCUT2D eigenvalue weighted by atomic mass is 10.2. The quantitative estimate of drug-likeness (QED) is 0.244. The smallest absolute Gasteiger partial charge is 0.336 e. The molecule has 0 saturated carbocycles. The third-order valence-corrected chi connectivity index (χ3v) is 5.01. The SMILES string of the molecule is COc1ccc(/C=C/C(=O)Nc2ccccc2OC(=O)/C=C/c2ccc(OC)c(OC)c2)cc1OC. The molecule has 3 aromatic carbocycles. The van der Waals surface area contributed by atoms with Gasteiger partial charge in [-0.3, -0.25) is 4.79 Å². The largest absolute Gasteiger partial charge is 0.493 e. The van der Waals surface area contributed by atoms with Crippen molar-refractivity contribution in [3.63, 3.8) is 0 Å². The van der Waals surface area contributed by atoms with Crippen LogP contribution in [-0.4, -0.2) is 40.3 Å². The molecular weight excluding hydrogens is 462 g/mol. The van der Waals surface area contributed by atoms with Gasteiger partial charge in [0.1, 0.15) is 0 Å². The van der Waals surface area contributed by atoms with Crippen LogP contribution in [0.1, 0.15) is 11.1 Å². The normalized spacial score (nSPS) is 10.8. The van der Waals surface area contributed by atoms with Crippen LogP contribution in [0.2, 0.25) is 0 Å². The summed E-state index contributed by atoms with van der Waals surface area (Å²) in [5.74, 6) is 1.49. The van der Waals surface area contributed by atoms with Gasteiger partial charge in [0.15, 0.2) is 28.7 Å². The van der Waals surface area contributed by atoms with E-state index in [0.29, 0.717) is 28.7 Å². The number of benzene rings is 3. The number of ether oxygens (including phenoxy) is 5. The average molecular weight is 490 g/mol. The second-order valence-electron chi connectivity index (χ2n) is 7.30. The summed E-state index contributed by atoms with van der Waals surface area (Å²) >= 11 is 0. The molecule has 186 valence electrons. The lowest BCUT2D eigenvalue weighted by Crippen LogP contribution is -2.11. The van der Waals surface area contributed by atoms with E-state index in [1.165, 1.54) is 19.3 Å². The van der Waals surface area contributed by atoms with Gasteiger partial charge in [0.2, 0.25) is 5.91 Å². The molecule has 3 rings (SSSR count). The van der Waals surface area contributed by atoms with Crippen LogP contribution in [-0.2, 0) is 9.59 Å². The number of nitrogens with one attached hydrogen (secondary N) is 1. The van der Waals surface area contributed by atoms with E-state index in [-0.39, 0.29) is 5.75 Å². The highest BCUT2D eigenvalue weighted by atomic mass is 16.5. The molecule has 0 bridgehead atoms. The van der Waals surface area contributed by atoms with E-state index in [0.717, 1.165) is 11.1 Å². The number of hydrogen-bond donors (Lipinski definition) is 1. The van der Waals surface area contributed by atoms with Gasteiger partial charge in [-0.15, -0.1) is 0 Å². The van der Waals surface area contributed by atoms with Crippen LogP contribution in [0.25, 0.3) is 12.2 Å². The summed E-state index contributed by atoms with van der Waals surface area (Å²) in [4.78, 5) is 24.9. The van der Waals surface area contributed by atoms with E-state index in [2.05, 4.69) is 5.32 Å². The standard InChI is InChI=1S/C28H27NO7/c1-32-23-13-9-19(17-25(23)34-3)11-15-27(30)29-21-7-5-6-8-22(21)36-28(31)16-12-20-10-14-24(33-2)26(18-20)35-4/h5-18H,1-4H3,(H,29,30)/b15-11+,16-12+. The van der Waals surface area contributed by atoms with Gasteiger partial charge >= 0.3 is 5.97 Å². The van der Waals surface area contributed by atoms with Crippen LogP contribution >= 0.6 is 0 Å². The fourth-order valence-electron chi connectivity index (χ4n) is 3.22. The van der Waals surface area contributed by atoms with Crippen molar-refractivity contribution in [2.75, 3.05) is 33.8 Å². The zero-order valence-electron chi connectivity index (χ0n) is 20.4. The van der Waals surface area contributed by atoms with Gasteiger partial charge in [-0.2, -0.15) is 0 Å². The molecule has 0 spiro atoms. The van der Waals surface area contributed by atoms with Gasteiger partial charge in [0.05, 0.1) is 34.1 Å². The van der Waals surface area contributed by atoms with Crippen molar-refractivity contribution >= 4 is 29.7 Å². The fraction of sp³-hybridized carbons (Fsp3) is 0.143. The predicted molar refractivity (Wildman–Crippen MR) is 138 cm³/mol. The topological polar surface area (TPSA) is 92.3 Å². The van der Waals surface area contributed by atoms with Crippen molar-refractivity contribution < 1.29 is 33.3 Å². The number of methoxy groups -OCH3 is 4. The fourth-order valence-corrected chi connectivity index (χ4v) is 3.22. The molecule has 8 heteroatoms. The Kier molecular flexibility index (Phi) is 9.11. The Balaban J connectivity index is 1.66. The first kappa shape index (κ1) is 25.9. The Labute approximate surface area is 209 Å². The third-order valence-electron chi connectivity index (χ3n) is 5.01. The number of amides is 1. The number of rotatable bonds is 10. The molecule has 0 unspecified atom stereocenters. The van der Waals surface area contributed by atoms with Crippen LogP contribution in [0.3, 0.4) is 0 Å².